The van der Waals surface area contributed by atoms with Gasteiger partial charge in [0.15, 0.2) is 0 Å². The predicted molar refractivity (Wildman–Crippen MR) is 126 cm³/mol. The number of halogens is 3. The van der Waals surface area contributed by atoms with Crippen LogP contribution in [0.1, 0.15) is 23.6 Å². The Labute approximate surface area is 204 Å². The van der Waals surface area contributed by atoms with Gasteiger partial charge >= 0.3 is 12.1 Å². The number of ether oxygens (including phenoxy) is 3. The van der Waals surface area contributed by atoms with Crippen LogP contribution in [0.4, 0.5) is 13.2 Å². The van der Waals surface area contributed by atoms with Crippen molar-refractivity contribution in [1.29, 1.82) is 5.26 Å². The topological polar surface area (TPSA) is 68.4 Å². The minimum absolute atomic E-state index is 0.136. The summed E-state index contributed by atoms with van der Waals surface area (Å²) in [4.78, 5) is 0. The average Bonchev–Trinajstić information content (AvgIpc) is 3.50. The van der Waals surface area contributed by atoms with Crippen LogP contribution in [0.3, 0.4) is 0 Å². The van der Waals surface area contributed by atoms with Gasteiger partial charge in [-0.2, -0.15) is 18.4 Å². The summed E-state index contributed by atoms with van der Waals surface area (Å²) in [6.45, 7) is 2.32. The molecule has 1 unspecified atom stereocenters. The number of para-hydroxylation sites is 1. The van der Waals surface area contributed by atoms with Gasteiger partial charge in [0.25, 0.3) is 0 Å². The molecule has 4 aromatic rings. The van der Waals surface area contributed by atoms with Gasteiger partial charge < -0.3 is 24.1 Å². The summed E-state index contributed by atoms with van der Waals surface area (Å²) in [7, 11) is 0. The fraction of sp³-hybridized carbons (Fsp3) is 0.148. The third kappa shape index (κ3) is 4.12. The van der Waals surface area contributed by atoms with E-state index in [0.717, 1.165) is 34.3 Å². The second-order valence-electron chi connectivity index (χ2n) is 7.96. The fourth-order valence-corrected chi connectivity index (χ4v) is 4.20. The molecular formula is C27H20F3N3O3. The van der Waals surface area contributed by atoms with Crippen LogP contribution < -0.4 is 10.1 Å². The molecule has 9 heteroatoms. The van der Waals surface area contributed by atoms with E-state index in [1.807, 2.05) is 54.1 Å². The van der Waals surface area contributed by atoms with Gasteiger partial charge in [0.05, 0.1) is 34.9 Å². The minimum atomic E-state index is -4.61. The quantitative estimate of drug-likeness (QED) is 0.331. The summed E-state index contributed by atoms with van der Waals surface area (Å²) in [6, 6.07) is 19.6. The first-order valence-corrected chi connectivity index (χ1v) is 11.1. The van der Waals surface area contributed by atoms with Gasteiger partial charge in [0.1, 0.15) is 17.8 Å². The van der Waals surface area contributed by atoms with Crippen molar-refractivity contribution in [2.75, 3.05) is 6.61 Å². The lowest BCUT2D eigenvalue weighted by atomic mass is 10.1. The van der Waals surface area contributed by atoms with Crippen molar-refractivity contribution in [3.63, 3.8) is 0 Å². The molecule has 0 fully saturated rings. The van der Waals surface area contributed by atoms with E-state index in [9.17, 15) is 13.2 Å². The number of fused-ring (bicyclic) bond motifs is 1. The maximum atomic E-state index is 13.1. The van der Waals surface area contributed by atoms with Gasteiger partial charge in [0, 0.05) is 23.5 Å². The van der Waals surface area contributed by atoms with E-state index in [4.69, 9.17) is 19.5 Å². The molecule has 36 heavy (non-hydrogen) atoms. The number of hydrogen-bond donors (Lipinski definition) is 1. The van der Waals surface area contributed by atoms with E-state index < -0.39 is 23.2 Å². The van der Waals surface area contributed by atoms with Crippen molar-refractivity contribution in [1.82, 2.24) is 9.88 Å². The summed E-state index contributed by atoms with van der Waals surface area (Å²) < 4.78 is 58.7. The Bertz CT molecular complexity index is 1480. The minimum Gasteiger partial charge on any atom is -0.457 e. The molecule has 0 saturated carbocycles. The highest BCUT2D eigenvalue weighted by Crippen LogP contribution is 2.37. The molecule has 1 atom stereocenters. The molecule has 182 valence electrons. The Morgan fingerprint density at radius 2 is 1.81 bits per heavy atom. The van der Waals surface area contributed by atoms with Crippen molar-refractivity contribution in [3.8, 4) is 23.3 Å². The van der Waals surface area contributed by atoms with E-state index >= 15 is 0 Å². The Morgan fingerprint density at radius 3 is 2.47 bits per heavy atom. The highest BCUT2D eigenvalue weighted by Gasteiger charge is 2.39. The van der Waals surface area contributed by atoms with E-state index in [-0.39, 0.29) is 5.75 Å². The van der Waals surface area contributed by atoms with Crippen LogP contribution in [0.5, 0.6) is 11.5 Å². The number of alkyl halides is 3. The number of nitrogens with one attached hydrogen (secondary N) is 1. The summed E-state index contributed by atoms with van der Waals surface area (Å²) in [5.41, 5.74) is 1.07. The Hall–Kier alpha value is -4.42. The molecular weight excluding hydrogens is 471 g/mol. The van der Waals surface area contributed by atoms with Crippen LogP contribution in [0.25, 0.3) is 16.6 Å². The molecule has 1 aliphatic rings. The number of aromatic nitrogens is 1. The Morgan fingerprint density at radius 1 is 1.06 bits per heavy atom. The Balaban J connectivity index is 1.46. The molecule has 0 aliphatic carbocycles. The molecule has 0 saturated heterocycles. The average molecular weight is 491 g/mol. The third-order valence-electron chi connectivity index (χ3n) is 5.76. The van der Waals surface area contributed by atoms with Crippen LogP contribution in [-0.4, -0.2) is 11.2 Å². The van der Waals surface area contributed by atoms with Gasteiger partial charge in [-0.3, -0.25) is 0 Å². The second kappa shape index (κ2) is 8.98. The zero-order valence-electron chi connectivity index (χ0n) is 19.0. The van der Waals surface area contributed by atoms with Crippen molar-refractivity contribution in [3.05, 3.63) is 102 Å². The molecule has 2 heterocycles. The zero-order valence-corrected chi connectivity index (χ0v) is 19.0. The van der Waals surface area contributed by atoms with E-state index in [1.165, 1.54) is 6.07 Å². The maximum absolute atomic E-state index is 13.1. The lowest BCUT2D eigenvalue weighted by Crippen LogP contribution is -2.40. The van der Waals surface area contributed by atoms with Crippen molar-refractivity contribution in [2.24, 2.45) is 0 Å². The maximum Gasteiger partial charge on any atom is 0.417 e. The predicted octanol–water partition coefficient (Wildman–Crippen LogP) is 6.55. The molecule has 1 aromatic heterocycles. The Kier molecular flexibility index (Phi) is 5.82. The number of hydrogen-bond acceptors (Lipinski definition) is 5. The van der Waals surface area contributed by atoms with Gasteiger partial charge in [0.2, 0.25) is 0 Å². The molecule has 6 nitrogen and oxygen atoms in total. The largest absolute Gasteiger partial charge is 0.457 e. The van der Waals surface area contributed by atoms with Crippen molar-refractivity contribution < 1.29 is 27.4 Å². The number of nitrogens with zero attached hydrogens (tertiary/aromatic N) is 2. The van der Waals surface area contributed by atoms with Crippen molar-refractivity contribution >= 4 is 10.9 Å². The number of rotatable bonds is 6. The monoisotopic (exact) mass is 491 g/mol. The molecule has 0 amide bonds. The zero-order chi connectivity index (χ0) is 25.3. The fourth-order valence-electron chi connectivity index (χ4n) is 4.20. The lowest BCUT2D eigenvalue weighted by Gasteiger charge is -2.28. The van der Waals surface area contributed by atoms with E-state index in [1.54, 1.807) is 30.7 Å². The van der Waals surface area contributed by atoms with Crippen LogP contribution in [0.2, 0.25) is 0 Å². The molecule has 0 bridgehead atoms. The summed E-state index contributed by atoms with van der Waals surface area (Å²) in [5.74, 6) is -0.588. The number of benzene rings is 3. The molecule has 0 spiro atoms. The molecule has 5 rings (SSSR count). The molecule has 1 N–H and O–H groups in total. The first-order chi connectivity index (χ1) is 17.3. The second-order valence-corrected chi connectivity index (χ2v) is 7.96. The van der Waals surface area contributed by atoms with Crippen LogP contribution >= 0.6 is 0 Å². The normalized spacial score (nSPS) is 17.0. The lowest BCUT2D eigenvalue weighted by molar-refractivity contribution is -0.215. The van der Waals surface area contributed by atoms with Gasteiger partial charge in [-0.05, 0) is 55.5 Å². The van der Waals surface area contributed by atoms with Gasteiger partial charge in [-0.1, -0.05) is 18.2 Å². The molecule has 1 aliphatic heterocycles. The summed E-state index contributed by atoms with van der Waals surface area (Å²) >= 11 is 0. The highest BCUT2D eigenvalue weighted by atomic mass is 19.4. The SMILES string of the molecule is CCOC1(c2cn(-c3ccc(Oc4ccc(C(F)(F)F)c(C#N)c4)cc3)c3ccccc23)NC=CO1. The van der Waals surface area contributed by atoms with Crippen LogP contribution in [0.15, 0.2) is 85.4 Å². The first-order valence-electron chi connectivity index (χ1n) is 11.1. The first kappa shape index (κ1) is 23.3. The third-order valence-corrected chi connectivity index (χ3v) is 5.76. The summed E-state index contributed by atoms with van der Waals surface area (Å²) in [5, 5.41) is 13.2. The van der Waals surface area contributed by atoms with Gasteiger partial charge in [-0.25, -0.2) is 0 Å². The van der Waals surface area contributed by atoms with Crippen LogP contribution in [-0.2, 0) is 21.6 Å². The highest BCUT2D eigenvalue weighted by molar-refractivity contribution is 5.86. The summed E-state index contributed by atoms with van der Waals surface area (Å²) in [6.07, 6.45) is 0.560. The van der Waals surface area contributed by atoms with Crippen LogP contribution in [0, 0.1) is 11.3 Å². The van der Waals surface area contributed by atoms with E-state index in [2.05, 4.69) is 5.32 Å². The molecule has 3 aromatic carbocycles. The van der Waals surface area contributed by atoms with Gasteiger partial charge in [-0.15, -0.1) is 0 Å². The molecule has 0 radical (unpaired) electrons. The number of nitriles is 1. The van der Waals surface area contributed by atoms with E-state index in [0.29, 0.717) is 12.4 Å². The van der Waals surface area contributed by atoms with Crippen molar-refractivity contribution in [2.45, 2.75) is 19.0 Å². The standard InChI is InChI=1S/C27H20F3N3O3/c1-2-34-27(32-13-14-35-27)24-17-33(25-6-4-3-5-22(24)25)19-7-9-20(10-8-19)36-21-11-12-23(26(28,29)30)18(15-21)16-31/h3-15,17,32H,2H2,1H3. The smallest absolute Gasteiger partial charge is 0.417 e.